The fourth-order valence-electron chi connectivity index (χ4n) is 2.05. The van der Waals surface area contributed by atoms with E-state index in [4.69, 9.17) is 21.2 Å². The summed E-state index contributed by atoms with van der Waals surface area (Å²) in [4.78, 5) is 27.2. The number of benzene rings is 1. The van der Waals surface area contributed by atoms with Gasteiger partial charge in [-0.05, 0) is 30.2 Å². The molecule has 0 saturated carbocycles. The second kappa shape index (κ2) is 7.92. The molecule has 8 heteroatoms. The first-order valence-electron chi connectivity index (χ1n) is 7.47. The number of amides is 1. The number of aryl methyl sites for hydroxylation is 1. The van der Waals surface area contributed by atoms with Crippen molar-refractivity contribution in [3.05, 3.63) is 35.2 Å². The van der Waals surface area contributed by atoms with Gasteiger partial charge in [-0.25, -0.2) is 4.79 Å². The Morgan fingerprint density at radius 1 is 1.29 bits per heavy atom. The van der Waals surface area contributed by atoms with Crippen LogP contribution in [-0.4, -0.2) is 33.2 Å². The molecule has 0 bridgehead atoms. The topological polar surface area (TPSA) is 105 Å². The molecule has 1 amide bonds. The maximum absolute atomic E-state index is 11.9. The highest BCUT2D eigenvalue weighted by atomic mass is 35.5. The van der Waals surface area contributed by atoms with E-state index in [2.05, 4.69) is 15.5 Å². The van der Waals surface area contributed by atoms with Crippen LogP contribution in [0.15, 0.2) is 28.8 Å². The zero-order chi connectivity index (χ0) is 17.7. The van der Waals surface area contributed by atoms with Crippen LogP contribution in [0, 0.1) is 5.92 Å². The van der Waals surface area contributed by atoms with Crippen LogP contribution < -0.4 is 5.32 Å². The van der Waals surface area contributed by atoms with Gasteiger partial charge in [0.1, 0.15) is 6.04 Å². The first-order valence-corrected chi connectivity index (χ1v) is 7.85. The summed E-state index contributed by atoms with van der Waals surface area (Å²) in [7, 11) is 0. The van der Waals surface area contributed by atoms with Crippen molar-refractivity contribution in [1.29, 1.82) is 0 Å². The van der Waals surface area contributed by atoms with E-state index in [9.17, 15) is 9.59 Å². The number of halogens is 1. The Balaban J connectivity index is 1.92. The van der Waals surface area contributed by atoms with Gasteiger partial charge in [-0.3, -0.25) is 4.79 Å². The molecule has 24 heavy (non-hydrogen) atoms. The third-order valence-electron chi connectivity index (χ3n) is 3.39. The van der Waals surface area contributed by atoms with Crippen LogP contribution in [0.2, 0.25) is 5.02 Å². The minimum absolute atomic E-state index is 0.0682. The van der Waals surface area contributed by atoms with Crippen LogP contribution in [0.5, 0.6) is 0 Å². The molecule has 0 spiro atoms. The van der Waals surface area contributed by atoms with E-state index in [1.54, 1.807) is 38.1 Å². The summed E-state index contributed by atoms with van der Waals surface area (Å²) in [6, 6.07) is 6.06. The number of rotatable bonds is 7. The molecule has 1 aromatic heterocycles. The number of aromatic nitrogens is 2. The van der Waals surface area contributed by atoms with Crippen LogP contribution in [-0.2, 0) is 16.0 Å². The Morgan fingerprint density at radius 2 is 1.96 bits per heavy atom. The quantitative estimate of drug-likeness (QED) is 0.794. The van der Waals surface area contributed by atoms with Crippen molar-refractivity contribution >= 4 is 23.5 Å². The SMILES string of the molecule is CC(C)[C@H](NC(=O)CCc1nc(-c2ccc(Cl)cc2)no1)C(=O)O. The minimum atomic E-state index is -1.05. The lowest BCUT2D eigenvalue weighted by molar-refractivity contribution is -0.143. The number of nitrogens with zero attached hydrogens (tertiary/aromatic N) is 2. The summed E-state index contributed by atoms with van der Waals surface area (Å²) < 4.78 is 5.11. The summed E-state index contributed by atoms with van der Waals surface area (Å²) in [5.41, 5.74) is 0.754. The number of hydrogen-bond acceptors (Lipinski definition) is 5. The van der Waals surface area contributed by atoms with Gasteiger partial charge in [0.25, 0.3) is 0 Å². The molecule has 0 fully saturated rings. The third-order valence-corrected chi connectivity index (χ3v) is 3.64. The number of carbonyl (C=O) groups is 2. The molecule has 7 nitrogen and oxygen atoms in total. The summed E-state index contributed by atoms with van der Waals surface area (Å²) in [5.74, 6) is -0.908. The first-order chi connectivity index (χ1) is 11.4. The van der Waals surface area contributed by atoms with E-state index >= 15 is 0 Å². The lowest BCUT2D eigenvalue weighted by Gasteiger charge is -2.17. The Morgan fingerprint density at radius 3 is 2.54 bits per heavy atom. The zero-order valence-corrected chi connectivity index (χ0v) is 14.1. The molecule has 2 rings (SSSR count). The molecular formula is C16H18ClN3O4. The van der Waals surface area contributed by atoms with Crippen LogP contribution in [0.4, 0.5) is 0 Å². The molecule has 1 heterocycles. The van der Waals surface area contributed by atoms with Gasteiger partial charge in [-0.1, -0.05) is 30.6 Å². The van der Waals surface area contributed by atoms with E-state index in [0.717, 1.165) is 5.56 Å². The molecule has 2 N–H and O–H groups in total. The molecule has 0 unspecified atom stereocenters. The van der Waals surface area contributed by atoms with Gasteiger partial charge in [0.05, 0.1) is 0 Å². The smallest absolute Gasteiger partial charge is 0.326 e. The van der Waals surface area contributed by atoms with Gasteiger partial charge < -0.3 is 14.9 Å². The van der Waals surface area contributed by atoms with Crippen LogP contribution >= 0.6 is 11.6 Å². The molecule has 0 aliphatic rings. The Bertz CT molecular complexity index is 712. The highest BCUT2D eigenvalue weighted by molar-refractivity contribution is 6.30. The number of nitrogens with one attached hydrogen (secondary N) is 1. The number of hydrogen-bond donors (Lipinski definition) is 2. The second-order valence-electron chi connectivity index (χ2n) is 5.65. The van der Waals surface area contributed by atoms with E-state index < -0.39 is 12.0 Å². The molecule has 1 aromatic carbocycles. The van der Waals surface area contributed by atoms with Crippen molar-refractivity contribution in [3.8, 4) is 11.4 Å². The fourth-order valence-corrected chi connectivity index (χ4v) is 2.18. The van der Waals surface area contributed by atoms with Gasteiger partial charge in [0, 0.05) is 23.4 Å². The van der Waals surface area contributed by atoms with E-state index in [1.165, 1.54) is 0 Å². The van der Waals surface area contributed by atoms with Crippen molar-refractivity contribution in [2.45, 2.75) is 32.7 Å². The van der Waals surface area contributed by atoms with Crippen molar-refractivity contribution in [3.63, 3.8) is 0 Å². The predicted octanol–water partition coefficient (Wildman–Crippen LogP) is 2.55. The Kier molecular flexibility index (Phi) is 5.92. The maximum atomic E-state index is 11.9. The third kappa shape index (κ3) is 4.79. The minimum Gasteiger partial charge on any atom is -0.480 e. The first kappa shape index (κ1) is 17.9. The average molecular weight is 352 g/mol. The van der Waals surface area contributed by atoms with E-state index in [-0.39, 0.29) is 24.7 Å². The van der Waals surface area contributed by atoms with Crippen molar-refractivity contribution in [2.24, 2.45) is 5.92 Å². The van der Waals surface area contributed by atoms with Crippen LogP contribution in [0.3, 0.4) is 0 Å². The lowest BCUT2D eigenvalue weighted by Crippen LogP contribution is -2.44. The number of carboxylic acids is 1. The zero-order valence-electron chi connectivity index (χ0n) is 13.3. The molecule has 0 saturated heterocycles. The van der Waals surface area contributed by atoms with E-state index in [0.29, 0.717) is 16.7 Å². The van der Waals surface area contributed by atoms with Gasteiger partial charge in [-0.15, -0.1) is 0 Å². The van der Waals surface area contributed by atoms with E-state index in [1.807, 2.05) is 0 Å². The van der Waals surface area contributed by atoms with Gasteiger partial charge >= 0.3 is 5.97 Å². The summed E-state index contributed by atoms with van der Waals surface area (Å²) in [5, 5.41) is 16.0. The van der Waals surface area contributed by atoms with Gasteiger partial charge in [0.15, 0.2) is 0 Å². The number of aliphatic carboxylic acids is 1. The average Bonchev–Trinajstić information content (AvgIpc) is 2.99. The van der Waals surface area contributed by atoms with Crippen LogP contribution in [0.25, 0.3) is 11.4 Å². The second-order valence-corrected chi connectivity index (χ2v) is 6.08. The largest absolute Gasteiger partial charge is 0.480 e. The lowest BCUT2D eigenvalue weighted by atomic mass is 10.0. The maximum Gasteiger partial charge on any atom is 0.326 e. The molecular weight excluding hydrogens is 334 g/mol. The highest BCUT2D eigenvalue weighted by Crippen LogP contribution is 2.19. The Hall–Kier alpha value is -2.41. The summed E-state index contributed by atoms with van der Waals surface area (Å²) >= 11 is 5.82. The van der Waals surface area contributed by atoms with Gasteiger partial charge in [-0.2, -0.15) is 4.98 Å². The molecule has 0 radical (unpaired) electrons. The van der Waals surface area contributed by atoms with Gasteiger partial charge in [0.2, 0.25) is 17.6 Å². The number of carbonyl (C=O) groups excluding carboxylic acids is 1. The van der Waals surface area contributed by atoms with Crippen molar-refractivity contribution in [2.75, 3.05) is 0 Å². The molecule has 1 atom stereocenters. The predicted molar refractivity (Wildman–Crippen MR) is 87.5 cm³/mol. The summed E-state index contributed by atoms with van der Waals surface area (Å²) in [6.45, 7) is 3.46. The highest BCUT2D eigenvalue weighted by Gasteiger charge is 2.23. The van der Waals surface area contributed by atoms with Crippen LogP contribution in [0.1, 0.15) is 26.2 Å². The fraction of sp³-hybridized carbons (Fsp3) is 0.375. The normalized spacial score (nSPS) is 12.2. The van der Waals surface area contributed by atoms with Crippen molar-refractivity contribution < 1.29 is 19.2 Å². The Labute approximate surface area is 144 Å². The molecule has 2 aromatic rings. The van der Waals surface area contributed by atoms with Crippen molar-refractivity contribution in [1.82, 2.24) is 15.5 Å². The standard InChI is InChI=1S/C16H18ClN3O4/c1-9(2)14(16(22)23)18-12(21)7-8-13-19-15(20-24-13)10-3-5-11(17)6-4-10/h3-6,9,14H,7-8H2,1-2H3,(H,18,21)(H,22,23)/t14-/m0/s1. The summed E-state index contributed by atoms with van der Waals surface area (Å²) in [6.07, 6.45) is 0.301. The molecule has 128 valence electrons. The number of carboxylic acid groups (broad SMARTS) is 1. The molecule has 0 aliphatic carbocycles. The monoisotopic (exact) mass is 351 g/mol. The molecule has 0 aliphatic heterocycles.